The van der Waals surface area contributed by atoms with Gasteiger partial charge in [0.05, 0.1) is 11.7 Å². The molecule has 30 heavy (non-hydrogen) atoms. The quantitative estimate of drug-likeness (QED) is 0.717. The number of nitrogens with zero attached hydrogens (tertiary/aromatic N) is 3. The number of fused-ring (bicyclic) bond motifs is 1. The van der Waals surface area contributed by atoms with Crippen LogP contribution in [-0.2, 0) is 22.6 Å². The van der Waals surface area contributed by atoms with Crippen LogP contribution >= 0.6 is 0 Å². The van der Waals surface area contributed by atoms with Gasteiger partial charge in [-0.1, -0.05) is 44.2 Å². The van der Waals surface area contributed by atoms with Crippen LogP contribution in [0.5, 0.6) is 0 Å². The standard InChI is InChI=1S/C23H29N5O2/c1-22(2)11-17(26-20(30)23(9-10-23)19(24)29)16-13-25-21(27-18(16)12-22)28(3)14-15-7-5-4-6-8-15/h4-8,13,17H,9-12,14H2,1-3H3,(H2,24,29)(H,26,30). The highest BCUT2D eigenvalue weighted by Crippen LogP contribution is 2.47. The first-order valence-corrected chi connectivity index (χ1v) is 10.4. The van der Waals surface area contributed by atoms with E-state index >= 15 is 0 Å². The van der Waals surface area contributed by atoms with E-state index in [0.717, 1.165) is 24.1 Å². The van der Waals surface area contributed by atoms with Crippen LogP contribution in [0.25, 0.3) is 0 Å². The van der Waals surface area contributed by atoms with Crippen molar-refractivity contribution in [2.45, 2.75) is 52.1 Å². The van der Waals surface area contributed by atoms with Gasteiger partial charge in [0.1, 0.15) is 5.41 Å². The zero-order chi connectivity index (χ0) is 21.5. The molecule has 2 aliphatic rings. The molecule has 0 bridgehead atoms. The summed E-state index contributed by atoms with van der Waals surface area (Å²) >= 11 is 0. The van der Waals surface area contributed by atoms with Crippen molar-refractivity contribution in [3.63, 3.8) is 0 Å². The third-order valence-electron chi connectivity index (χ3n) is 6.23. The zero-order valence-electron chi connectivity index (χ0n) is 17.8. The van der Waals surface area contributed by atoms with Crippen molar-refractivity contribution in [1.82, 2.24) is 15.3 Å². The first-order valence-electron chi connectivity index (χ1n) is 10.4. The average Bonchev–Trinajstić information content (AvgIpc) is 3.49. The van der Waals surface area contributed by atoms with Crippen LogP contribution in [0.4, 0.5) is 5.95 Å². The van der Waals surface area contributed by atoms with Crippen LogP contribution in [0.3, 0.4) is 0 Å². The van der Waals surface area contributed by atoms with Crippen molar-refractivity contribution < 1.29 is 9.59 Å². The molecule has 1 heterocycles. The number of hydrogen-bond acceptors (Lipinski definition) is 5. The molecule has 1 atom stereocenters. The molecule has 158 valence electrons. The number of benzene rings is 1. The lowest BCUT2D eigenvalue weighted by atomic mass is 9.74. The molecule has 2 aliphatic carbocycles. The summed E-state index contributed by atoms with van der Waals surface area (Å²) in [6.45, 7) is 5.06. The summed E-state index contributed by atoms with van der Waals surface area (Å²) < 4.78 is 0. The number of primary amides is 1. The fourth-order valence-electron chi connectivity index (χ4n) is 4.28. The fraction of sp³-hybridized carbons (Fsp3) is 0.478. The molecule has 7 nitrogen and oxygen atoms in total. The lowest BCUT2D eigenvalue weighted by molar-refractivity contribution is -0.136. The van der Waals surface area contributed by atoms with Crippen molar-refractivity contribution in [1.29, 1.82) is 0 Å². The molecule has 3 N–H and O–H groups in total. The molecule has 2 amide bonds. The van der Waals surface area contributed by atoms with Gasteiger partial charge in [0.25, 0.3) is 0 Å². The van der Waals surface area contributed by atoms with Crippen molar-refractivity contribution in [3.8, 4) is 0 Å². The highest BCUT2D eigenvalue weighted by molar-refractivity contribution is 6.07. The smallest absolute Gasteiger partial charge is 0.236 e. The number of amides is 2. The molecule has 0 radical (unpaired) electrons. The molecule has 0 aliphatic heterocycles. The van der Waals surface area contributed by atoms with E-state index in [9.17, 15) is 9.59 Å². The number of carbonyl (C=O) groups excluding carboxylic acids is 2. The minimum Gasteiger partial charge on any atom is -0.369 e. The van der Waals surface area contributed by atoms with Gasteiger partial charge in [-0.15, -0.1) is 0 Å². The summed E-state index contributed by atoms with van der Waals surface area (Å²) in [4.78, 5) is 36.0. The molecule has 1 unspecified atom stereocenters. The number of nitrogens with one attached hydrogen (secondary N) is 1. The predicted molar refractivity (Wildman–Crippen MR) is 114 cm³/mol. The molecule has 4 rings (SSSR count). The molecule has 7 heteroatoms. The van der Waals surface area contributed by atoms with E-state index < -0.39 is 11.3 Å². The molecule has 1 saturated carbocycles. The fourth-order valence-corrected chi connectivity index (χ4v) is 4.28. The molecular formula is C23H29N5O2. The highest BCUT2D eigenvalue weighted by Gasteiger charge is 2.56. The number of aromatic nitrogens is 2. The van der Waals surface area contributed by atoms with Crippen LogP contribution < -0.4 is 16.0 Å². The molecule has 1 fully saturated rings. The Bertz CT molecular complexity index is 969. The third kappa shape index (κ3) is 3.88. The van der Waals surface area contributed by atoms with Gasteiger partial charge >= 0.3 is 0 Å². The van der Waals surface area contributed by atoms with E-state index in [4.69, 9.17) is 10.7 Å². The summed E-state index contributed by atoms with van der Waals surface area (Å²) in [5.74, 6) is -0.144. The summed E-state index contributed by atoms with van der Waals surface area (Å²) in [5, 5.41) is 3.07. The van der Waals surface area contributed by atoms with Crippen molar-refractivity contribution in [2.24, 2.45) is 16.6 Å². The van der Waals surface area contributed by atoms with E-state index in [2.05, 4.69) is 36.3 Å². The van der Waals surface area contributed by atoms with Crippen LogP contribution in [-0.4, -0.2) is 28.8 Å². The Hall–Kier alpha value is -2.96. The molecule has 0 saturated heterocycles. The Kier molecular flexibility index (Phi) is 5.00. The van der Waals surface area contributed by atoms with Crippen LogP contribution in [0.2, 0.25) is 0 Å². The Morgan fingerprint density at radius 1 is 1.23 bits per heavy atom. The summed E-state index contributed by atoms with van der Waals surface area (Å²) in [6.07, 6.45) is 4.45. The van der Waals surface area contributed by atoms with E-state index in [-0.39, 0.29) is 17.4 Å². The highest BCUT2D eigenvalue weighted by atomic mass is 16.2. The number of hydrogen-bond donors (Lipinski definition) is 2. The number of anilines is 1. The molecule has 1 aromatic heterocycles. The van der Waals surface area contributed by atoms with Crippen molar-refractivity contribution >= 4 is 17.8 Å². The van der Waals surface area contributed by atoms with Gasteiger partial charge in [-0.05, 0) is 36.7 Å². The van der Waals surface area contributed by atoms with Crippen molar-refractivity contribution in [3.05, 3.63) is 53.3 Å². The second kappa shape index (κ2) is 7.38. The molecular weight excluding hydrogens is 378 g/mol. The maximum absolute atomic E-state index is 12.8. The normalized spacial score (nSPS) is 20.7. The van der Waals surface area contributed by atoms with Gasteiger partial charge in [0, 0.05) is 25.4 Å². The van der Waals surface area contributed by atoms with E-state index in [1.54, 1.807) is 0 Å². The first kappa shape index (κ1) is 20.3. The minimum absolute atomic E-state index is 0.0298. The maximum Gasteiger partial charge on any atom is 0.236 e. The third-order valence-corrected chi connectivity index (χ3v) is 6.23. The SMILES string of the molecule is CN(Cc1ccccc1)c1ncc2c(n1)CC(C)(C)CC2NC(=O)C1(C(N)=O)CC1. The van der Waals surface area contributed by atoms with E-state index in [1.807, 2.05) is 36.3 Å². The zero-order valence-corrected chi connectivity index (χ0v) is 17.8. The largest absolute Gasteiger partial charge is 0.369 e. The summed E-state index contributed by atoms with van der Waals surface area (Å²) in [7, 11) is 1.98. The Morgan fingerprint density at radius 2 is 1.93 bits per heavy atom. The second-order valence-corrected chi connectivity index (χ2v) is 9.43. The molecule has 1 aromatic carbocycles. The predicted octanol–water partition coefficient (Wildman–Crippen LogP) is 2.51. The van der Waals surface area contributed by atoms with Gasteiger partial charge in [-0.3, -0.25) is 9.59 Å². The monoisotopic (exact) mass is 407 g/mol. The van der Waals surface area contributed by atoms with E-state index in [1.165, 1.54) is 5.56 Å². The molecule has 2 aromatic rings. The van der Waals surface area contributed by atoms with Crippen LogP contribution in [0.1, 0.15) is 56.0 Å². The average molecular weight is 408 g/mol. The number of nitrogens with two attached hydrogens (primary N) is 1. The van der Waals surface area contributed by atoms with Gasteiger partial charge in [-0.2, -0.15) is 0 Å². The van der Waals surface area contributed by atoms with Gasteiger partial charge in [-0.25, -0.2) is 9.97 Å². The first-order chi connectivity index (χ1) is 14.2. The maximum atomic E-state index is 12.8. The summed E-state index contributed by atoms with van der Waals surface area (Å²) in [6, 6.07) is 9.98. The summed E-state index contributed by atoms with van der Waals surface area (Å²) in [5.41, 5.74) is 7.48. The van der Waals surface area contributed by atoms with Gasteiger partial charge in [0.15, 0.2) is 0 Å². The minimum atomic E-state index is -1.03. The Balaban J connectivity index is 1.57. The number of rotatable bonds is 6. The van der Waals surface area contributed by atoms with Gasteiger partial charge < -0.3 is 16.0 Å². The lowest BCUT2D eigenvalue weighted by Gasteiger charge is -2.37. The Morgan fingerprint density at radius 3 is 2.57 bits per heavy atom. The van der Waals surface area contributed by atoms with Crippen LogP contribution in [0, 0.1) is 10.8 Å². The topological polar surface area (TPSA) is 101 Å². The number of carbonyl (C=O) groups is 2. The van der Waals surface area contributed by atoms with Crippen molar-refractivity contribution in [2.75, 3.05) is 11.9 Å². The Labute approximate surface area is 177 Å². The molecule has 0 spiro atoms. The lowest BCUT2D eigenvalue weighted by Crippen LogP contribution is -2.44. The van der Waals surface area contributed by atoms with Crippen LogP contribution in [0.15, 0.2) is 36.5 Å². The second-order valence-electron chi connectivity index (χ2n) is 9.43. The van der Waals surface area contributed by atoms with E-state index in [0.29, 0.717) is 25.3 Å². The van der Waals surface area contributed by atoms with Gasteiger partial charge in [0.2, 0.25) is 17.8 Å².